The van der Waals surface area contributed by atoms with Crippen LogP contribution in [0, 0.1) is 0 Å². The van der Waals surface area contributed by atoms with Gasteiger partial charge in [-0.05, 0) is 31.9 Å². The summed E-state index contributed by atoms with van der Waals surface area (Å²) in [5.41, 5.74) is 0.945. The first-order chi connectivity index (χ1) is 12.3. The third-order valence-corrected chi connectivity index (χ3v) is 5.12. The van der Waals surface area contributed by atoms with Crippen LogP contribution in [-0.4, -0.2) is 36.4 Å². The van der Waals surface area contributed by atoms with Crippen LogP contribution in [0.1, 0.15) is 49.3 Å². The summed E-state index contributed by atoms with van der Waals surface area (Å²) in [7, 11) is 0. The molecule has 1 aliphatic carbocycles. The Balaban J connectivity index is 1.34. The number of rotatable bonds is 4. The maximum atomic E-state index is 5.92. The second kappa shape index (κ2) is 5.77. The fraction of sp³-hybridized carbons (Fsp3) is 0.444. The average Bonchev–Trinajstić information content (AvgIpc) is 3.22. The van der Waals surface area contributed by atoms with Crippen molar-refractivity contribution in [2.75, 3.05) is 6.54 Å². The summed E-state index contributed by atoms with van der Waals surface area (Å²) in [5.74, 6) is 4.07. The first-order valence-electron chi connectivity index (χ1n) is 8.84. The highest BCUT2D eigenvalue weighted by molar-refractivity contribution is 5.51. The van der Waals surface area contributed by atoms with E-state index in [1.54, 1.807) is 0 Å². The molecule has 2 aliphatic rings. The van der Waals surface area contributed by atoms with Gasteiger partial charge in [-0.25, -0.2) is 0 Å². The molecule has 5 rings (SSSR count). The highest BCUT2D eigenvalue weighted by atomic mass is 16.4. The minimum absolute atomic E-state index is 0.0554. The van der Waals surface area contributed by atoms with Crippen LogP contribution in [0.2, 0.25) is 0 Å². The van der Waals surface area contributed by atoms with Crippen LogP contribution in [0.15, 0.2) is 34.7 Å². The van der Waals surface area contributed by atoms with Crippen LogP contribution < -0.4 is 0 Å². The highest BCUT2D eigenvalue weighted by Crippen LogP contribution is 2.40. The fourth-order valence-corrected chi connectivity index (χ4v) is 3.43. The predicted octanol–water partition coefficient (Wildman–Crippen LogP) is 2.78. The highest BCUT2D eigenvalue weighted by Gasteiger charge is 2.33. The van der Waals surface area contributed by atoms with Gasteiger partial charge in [-0.2, -0.15) is 0 Å². The topological polar surface area (TPSA) is 72.9 Å². The van der Waals surface area contributed by atoms with E-state index in [0.717, 1.165) is 31.0 Å². The van der Waals surface area contributed by atoms with Gasteiger partial charge in [0.1, 0.15) is 11.6 Å². The van der Waals surface area contributed by atoms with Crippen molar-refractivity contribution in [2.24, 2.45) is 0 Å². The number of benzene rings is 1. The van der Waals surface area contributed by atoms with Gasteiger partial charge < -0.3 is 8.98 Å². The SMILES string of the molecule is CC(c1nnc(-c2ccccc2)o1)N1CCn2c(nnc2C2CC2)C1. The minimum atomic E-state index is 0.0554. The van der Waals surface area contributed by atoms with Gasteiger partial charge in [0, 0.05) is 24.6 Å². The Labute approximate surface area is 145 Å². The molecule has 1 unspecified atom stereocenters. The van der Waals surface area contributed by atoms with Crippen LogP contribution in [0.5, 0.6) is 0 Å². The van der Waals surface area contributed by atoms with Crippen molar-refractivity contribution < 1.29 is 4.42 Å². The van der Waals surface area contributed by atoms with Crippen LogP contribution >= 0.6 is 0 Å². The summed E-state index contributed by atoms with van der Waals surface area (Å²) in [6, 6.07) is 9.92. The van der Waals surface area contributed by atoms with Crippen LogP contribution in [0.3, 0.4) is 0 Å². The monoisotopic (exact) mass is 336 g/mol. The van der Waals surface area contributed by atoms with Gasteiger partial charge in [-0.1, -0.05) is 18.2 Å². The van der Waals surface area contributed by atoms with Crippen molar-refractivity contribution in [2.45, 2.75) is 44.8 Å². The normalized spacial score (nSPS) is 18.9. The quantitative estimate of drug-likeness (QED) is 0.729. The number of nitrogens with zero attached hydrogens (tertiary/aromatic N) is 6. The van der Waals surface area contributed by atoms with E-state index in [1.165, 1.54) is 18.7 Å². The minimum Gasteiger partial charge on any atom is -0.419 e. The Morgan fingerprint density at radius 1 is 1.04 bits per heavy atom. The largest absolute Gasteiger partial charge is 0.419 e. The van der Waals surface area contributed by atoms with Gasteiger partial charge in [0.05, 0.1) is 12.6 Å². The molecule has 3 aromatic rings. The summed E-state index contributed by atoms with van der Waals surface area (Å²) >= 11 is 0. The Morgan fingerprint density at radius 2 is 1.88 bits per heavy atom. The molecule has 0 saturated heterocycles. The van der Waals surface area contributed by atoms with E-state index in [9.17, 15) is 0 Å². The molecule has 1 aromatic carbocycles. The summed E-state index contributed by atoms with van der Waals surface area (Å²) in [6.07, 6.45) is 2.50. The molecule has 7 nitrogen and oxygen atoms in total. The number of hydrogen-bond acceptors (Lipinski definition) is 6. The smallest absolute Gasteiger partial charge is 0.247 e. The van der Waals surface area contributed by atoms with Crippen molar-refractivity contribution in [3.05, 3.63) is 47.9 Å². The van der Waals surface area contributed by atoms with Crippen molar-refractivity contribution in [1.82, 2.24) is 29.9 Å². The summed E-state index contributed by atoms with van der Waals surface area (Å²) < 4.78 is 8.22. The molecule has 0 N–H and O–H groups in total. The van der Waals surface area contributed by atoms with Crippen LogP contribution in [-0.2, 0) is 13.1 Å². The number of fused-ring (bicyclic) bond motifs is 1. The Morgan fingerprint density at radius 3 is 2.68 bits per heavy atom. The molecule has 25 heavy (non-hydrogen) atoms. The van der Waals surface area contributed by atoms with Crippen molar-refractivity contribution in [1.29, 1.82) is 0 Å². The third-order valence-electron chi connectivity index (χ3n) is 5.12. The zero-order valence-electron chi connectivity index (χ0n) is 14.2. The van der Waals surface area contributed by atoms with Gasteiger partial charge in [0.15, 0.2) is 0 Å². The maximum absolute atomic E-state index is 5.92. The van der Waals surface area contributed by atoms with E-state index in [4.69, 9.17) is 4.42 Å². The molecule has 1 aliphatic heterocycles. The Kier molecular flexibility index (Phi) is 3.41. The summed E-state index contributed by atoms with van der Waals surface area (Å²) in [6.45, 7) is 4.74. The van der Waals surface area contributed by atoms with Gasteiger partial charge in [-0.3, -0.25) is 4.90 Å². The molecule has 1 saturated carbocycles. The maximum Gasteiger partial charge on any atom is 0.247 e. The van der Waals surface area contributed by atoms with Gasteiger partial charge in [0.25, 0.3) is 0 Å². The Bertz CT molecular complexity index is 882. The van der Waals surface area contributed by atoms with Crippen molar-refractivity contribution >= 4 is 0 Å². The van der Waals surface area contributed by atoms with Crippen molar-refractivity contribution in [3.63, 3.8) is 0 Å². The zero-order chi connectivity index (χ0) is 16.8. The van der Waals surface area contributed by atoms with E-state index in [2.05, 4.69) is 36.8 Å². The van der Waals surface area contributed by atoms with E-state index >= 15 is 0 Å². The standard InChI is InChI=1S/C18H20N6O/c1-12(17-21-22-18(25-17)14-5-3-2-4-6-14)23-9-10-24-15(11-23)19-20-16(24)13-7-8-13/h2-6,12-13H,7-11H2,1H3. The molecular weight excluding hydrogens is 316 g/mol. The molecule has 3 heterocycles. The molecule has 2 aromatic heterocycles. The molecule has 1 fully saturated rings. The molecule has 1 atom stereocenters. The van der Waals surface area contributed by atoms with Gasteiger partial charge >= 0.3 is 0 Å². The second-order valence-corrected chi connectivity index (χ2v) is 6.86. The lowest BCUT2D eigenvalue weighted by Gasteiger charge is -2.30. The number of hydrogen-bond donors (Lipinski definition) is 0. The molecule has 0 spiro atoms. The Hall–Kier alpha value is -2.54. The third kappa shape index (κ3) is 2.64. The molecule has 0 amide bonds. The molecular formula is C18H20N6O. The average molecular weight is 336 g/mol. The molecule has 7 heteroatoms. The molecule has 0 radical (unpaired) electrons. The summed E-state index contributed by atoms with van der Waals surface area (Å²) in [4.78, 5) is 2.32. The summed E-state index contributed by atoms with van der Waals surface area (Å²) in [5, 5.41) is 17.3. The van der Waals surface area contributed by atoms with Crippen molar-refractivity contribution in [3.8, 4) is 11.5 Å². The lowest BCUT2D eigenvalue weighted by Crippen LogP contribution is -2.36. The lowest BCUT2D eigenvalue weighted by molar-refractivity contribution is 0.142. The lowest BCUT2D eigenvalue weighted by atomic mass is 10.2. The first-order valence-corrected chi connectivity index (χ1v) is 8.84. The zero-order valence-corrected chi connectivity index (χ0v) is 14.2. The van der Waals surface area contributed by atoms with E-state index in [-0.39, 0.29) is 6.04 Å². The van der Waals surface area contributed by atoms with Crippen LogP contribution in [0.25, 0.3) is 11.5 Å². The predicted molar refractivity (Wildman–Crippen MR) is 90.6 cm³/mol. The second-order valence-electron chi connectivity index (χ2n) is 6.86. The van der Waals surface area contributed by atoms with Gasteiger partial charge in [-0.15, -0.1) is 20.4 Å². The molecule has 128 valence electrons. The van der Waals surface area contributed by atoms with E-state index in [1.807, 2.05) is 30.3 Å². The van der Waals surface area contributed by atoms with Crippen LogP contribution in [0.4, 0.5) is 0 Å². The van der Waals surface area contributed by atoms with E-state index in [0.29, 0.717) is 17.7 Å². The van der Waals surface area contributed by atoms with E-state index < -0.39 is 0 Å². The first kappa shape index (κ1) is 14.8. The van der Waals surface area contributed by atoms with Gasteiger partial charge in [0.2, 0.25) is 11.8 Å². The fourth-order valence-electron chi connectivity index (χ4n) is 3.43. The number of aromatic nitrogens is 5. The molecule has 0 bridgehead atoms.